The number of aromatic amines is 1. The zero-order valence-electron chi connectivity index (χ0n) is 15.1. The van der Waals surface area contributed by atoms with Crippen LogP contribution in [0.2, 0.25) is 10.0 Å². The molecule has 3 rings (SSSR count). The zero-order valence-corrected chi connectivity index (χ0v) is 16.6. The summed E-state index contributed by atoms with van der Waals surface area (Å²) in [4.78, 5) is 19.7. The second-order valence-corrected chi connectivity index (χ2v) is 6.85. The predicted octanol–water partition coefficient (Wildman–Crippen LogP) is 4.10. The maximum absolute atomic E-state index is 12.4. The Morgan fingerprint density at radius 2 is 1.85 bits per heavy atom. The molecule has 3 aromatic rings. The number of nitrogens with one attached hydrogen (secondary N) is 2. The van der Waals surface area contributed by atoms with Crippen molar-refractivity contribution < 1.29 is 9.47 Å². The van der Waals surface area contributed by atoms with Crippen molar-refractivity contribution in [3.8, 4) is 11.5 Å². The monoisotopic (exact) mass is 407 g/mol. The highest BCUT2D eigenvalue weighted by atomic mass is 35.5. The third kappa shape index (κ3) is 4.18. The highest BCUT2D eigenvalue weighted by Gasteiger charge is 2.13. The van der Waals surface area contributed by atoms with Crippen LogP contribution in [0.1, 0.15) is 24.4 Å². The molecule has 0 bridgehead atoms. The molecule has 1 unspecified atom stereocenters. The van der Waals surface area contributed by atoms with E-state index in [2.05, 4.69) is 15.3 Å². The number of H-pyrrole nitrogens is 1. The van der Waals surface area contributed by atoms with Crippen molar-refractivity contribution in [2.45, 2.75) is 19.5 Å². The van der Waals surface area contributed by atoms with E-state index in [-0.39, 0.29) is 11.6 Å². The molecule has 0 aliphatic carbocycles. The highest BCUT2D eigenvalue weighted by molar-refractivity contribution is 6.35. The molecule has 0 saturated heterocycles. The molecule has 0 fully saturated rings. The average Bonchev–Trinajstić information content (AvgIpc) is 2.65. The Balaban J connectivity index is 1.85. The maximum atomic E-state index is 12.4. The summed E-state index contributed by atoms with van der Waals surface area (Å²) in [7, 11) is 3.06. The summed E-state index contributed by atoms with van der Waals surface area (Å²) in [6.45, 7) is 2.34. The van der Waals surface area contributed by atoms with Gasteiger partial charge in [-0.05, 0) is 30.7 Å². The van der Waals surface area contributed by atoms with Crippen molar-refractivity contribution >= 4 is 34.1 Å². The van der Waals surface area contributed by atoms with Gasteiger partial charge in [-0.25, -0.2) is 4.98 Å². The van der Waals surface area contributed by atoms with Crippen LogP contribution in [0, 0.1) is 0 Å². The number of aromatic nitrogens is 2. The van der Waals surface area contributed by atoms with Crippen molar-refractivity contribution in [1.82, 2.24) is 15.3 Å². The number of rotatable bonds is 6. The van der Waals surface area contributed by atoms with Gasteiger partial charge >= 0.3 is 0 Å². The lowest BCUT2D eigenvalue weighted by Gasteiger charge is -2.16. The molecule has 0 spiro atoms. The first-order valence-electron chi connectivity index (χ1n) is 8.26. The minimum absolute atomic E-state index is 0.0545. The van der Waals surface area contributed by atoms with E-state index in [1.807, 2.05) is 13.0 Å². The minimum Gasteiger partial charge on any atom is -0.493 e. The SMILES string of the molecule is COc1cc2nc(CNC(C)c3ccc(Cl)cc3Cl)[nH]c(=O)c2cc1OC. The van der Waals surface area contributed by atoms with E-state index in [0.717, 1.165) is 5.56 Å². The normalized spacial score (nSPS) is 12.2. The first-order valence-corrected chi connectivity index (χ1v) is 9.01. The van der Waals surface area contributed by atoms with Gasteiger partial charge < -0.3 is 19.8 Å². The fourth-order valence-corrected chi connectivity index (χ4v) is 3.38. The molecule has 2 aromatic carbocycles. The number of ether oxygens (including phenoxy) is 2. The molecule has 2 N–H and O–H groups in total. The molecule has 0 saturated carbocycles. The van der Waals surface area contributed by atoms with E-state index in [1.165, 1.54) is 14.2 Å². The van der Waals surface area contributed by atoms with Gasteiger partial charge in [-0.3, -0.25) is 4.79 Å². The number of nitrogens with zero attached hydrogens (tertiary/aromatic N) is 1. The van der Waals surface area contributed by atoms with Crippen LogP contribution >= 0.6 is 23.2 Å². The van der Waals surface area contributed by atoms with Crippen molar-refractivity contribution in [1.29, 1.82) is 0 Å². The minimum atomic E-state index is -0.241. The van der Waals surface area contributed by atoms with Gasteiger partial charge in [0.2, 0.25) is 0 Å². The summed E-state index contributed by atoms with van der Waals surface area (Å²) in [5.74, 6) is 1.51. The third-order valence-electron chi connectivity index (χ3n) is 4.26. The first kappa shape index (κ1) is 19.5. The number of fused-ring (bicyclic) bond motifs is 1. The molecular weight excluding hydrogens is 389 g/mol. The van der Waals surface area contributed by atoms with Crippen LogP contribution in [0.15, 0.2) is 35.1 Å². The van der Waals surface area contributed by atoms with Crippen LogP contribution in [-0.2, 0) is 6.54 Å². The van der Waals surface area contributed by atoms with Gasteiger partial charge in [-0.2, -0.15) is 0 Å². The average molecular weight is 408 g/mol. The van der Waals surface area contributed by atoms with Gasteiger partial charge in [-0.1, -0.05) is 29.3 Å². The standard InChI is InChI=1S/C19H19Cl2N3O3/c1-10(12-5-4-11(20)6-14(12)21)22-9-18-23-15-8-17(27-3)16(26-2)7-13(15)19(25)24-18/h4-8,10,22H,9H2,1-3H3,(H,23,24,25). The van der Waals surface area contributed by atoms with Crippen molar-refractivity contribution in [3.63, 3.8) is 0 Å². The first-order chi connectivity index (χ1) is 12.9. The van der Waals surface area contributed by atoms with E-state index in [9.17, 15) is 4.79 Å². The van der Waals surface area contributed by atoms with Crippen molar-refractivity contribution in [2.24, 2.45) is 0 Å². The van der Waals surface area contributed by atoms with E-state index in [1.54, 1.807) is 24.3 Å². The quantitative estimate of drug-likeness (QED) is 0.643. The van der Waals surface area contributed by atoms with Crippen molar-refractivity contribution in [2.75, 3.05) is 14.2 Å². The number of halogens is 2. The molecule has 0 aliphatic rings. The fourth-order valence-electron chi connectivity index (χ4n) is 2.81. The fraction of sp³-hybridized carbons (Fsp3) is 0.263. The number of methoxy groups -OCH3 is 2. The second kappa shape index (κ2) is 8.17. The molecule has 8 heteroatoms. The van der Waals surface area contributed by atoms with Gasteiger partial charge in [0.05, 0.1) is 31.7 Å². The largest absolute Gasteiger partial charge is 0.493 e. The Kier molecular flexibility index (Phi) is 5.89. The lowest BCUT2D eigenvalue weighted by Crippen LogP contribution is -2.22. The summed E-state index contributed by atoms with van der Waals surface area (Å²) >= 11 is 12.2. The van der Waals surface area contributed by atoms with Crippen LogP contribution < -0.4 is 20.3 Å². The molecule has 1 aromatic heterocycles. The van der Waals surface area contributed by atoms with Crippen molar-refractivity contribution in [3.05, 3.63) is 62.1 Å². The third-order valence-corrected chi connectivity index (χ3v) is 4.83. The summed E-state index contributed by atoms with van der Waals surface area (Å²) < 4.78 is 10.5. The van der Waals surface area contributed by atoms with E-state index in [4.69, 9.17) is 32.7 Å². The lowest BCUT2D eigenvalue weighted by molar-refractivity contribution is 0.355. The van der Waals surface area contributed by atoms with E-state index in [0.29, 0.717) is 44.8 Å². The van der Waals surface area contributed by atoms with Crippen LogP contribution in [0.5, 0.6) is 11.5 Å². The van der Waals surface area contributed by atoms with E-state index >= 15 is 0 Å². The van der Waals surface area contributed by atoms with E-state index < -0.39 is 0 Å². The Bertz CT molecular complexity index is 1040. The Morgan fingerprint density at radius 3 is 2.52 bits per heavy atom. The molecular formula is C19H19Cl2N3O3. The molecule has 0 aliphatic heterocycles. The highest BCUT2D eigenvalue weighted by Crippen LogP contribution is 2.30. The molecule has 1 atom stereocenters. The number of benzene rings is 2. The molecule has 0 amide bonds. The Labute approximate surface area is 166 Å². The van der Waals surface area contributed by atoms with Crippen LogP contribution in [0.25, 0.3) is 10.9 Å². The van der Waals surface area contributed by atoms with Crippen LogP contribution in [-0.4, -0.2) is 24.2 Å². The summed E-state index contributed by atoms with van der Waals surface area (Å²) in [6.07, 6.45) is 0. The van der Waals surface area contributed by atoms with Gasteiger partial charge in [0.25, 0.3) is 5.56 Å². The molecule has 1 heterocycles. The molecule has 27 heavy (non-hydrogen) atoms. The predicted molar refractivity (Wildman–Crippen MR) is 107 cm³/mol. The topological polar surface area (TPSA) is 76.2 Å². The summed E-state index contributed by atoms with van der Waals surface area (Å²) in [6, 6.07) is 8.61. The molecule has 142 valence electrons. The van der Waals surface area contributed by atoms with Gasteiger partial charge in [0.15, 0.2) is 11.5 Å². The second-order valence-electron chi connectivity index (χ2n) is 6.01. The molecule has 0 radical (unpaired) electrons. The summed E-state index contributed by atoms with van der Waals surface area (Å²) in [5, 5.41) is 4.90. The molecule has 6 nitrogen and oxygen atoms in total. The maximum Gasteiger partial charge on any atom is 0.258 e. The van der Waals surface area contributed by atoms with Crippen LogP contribution in [0.3, 0.4) is 0 Å². The summed E-state index contributed by atoms with van der Waals surface area (Å²) in [5.41, 5.74) is 1.20. The van der Waals surface area contributed by atoms with Crippen LogP contribution in [0.4, 0.5) is 0 Å². The Hall–Kier alpha value is -2.28. The van der Waals surface area contributed by atoms with Gasteiger partial charge in [0, 0.05) is 22.2 Å². The Morgan fingerprint density at radius 1 is 1.15 bits per heavy atom. The smallest absolute Gasteiger partial charge is 0.258 e. The number of hydrogen-bond donors (Lipinski definition) is 2. The van der Waals surface area contributed by atoms with Gasteiger partial charge in [0.1, 0.15) is 5.82 Å². The van der Waals surface area contributed by atoms with Gasteiger partial charge in [-0.15, -0.1) is 0 Å². The lowest BCUT2D eigenvalue weighted by atomic mass is 10.1. The number of hydrogen-bond acceptors (Lipinski definition) is 5. The zero-order chi connectivity index (χ0) is 19.6.